The molecule has 0 bridgehead atoms. The summed E-state index contributed by atoms with van der Waals surface area (Å²) in [5.41, 5.74) is 0. The van der Waals surface area contributed by atoms with E-state index in [1.54, 1.807) is 7.11 Å². The summed E-state index contributed by atoms with van der Waals surface area (Å²) >= 11 is 0. The lowest BCUT2D eigenvalue weighted by molar-refractivity contribution is -0.110. The van der Waals surface area contributed by atoms with Crippen molar-refractivity contribution in [2.45, 2.75) is 25.9 Å². The van der Waals surface area contributed by atoms with Crippen LogP contribution in [0.5, 0.6) is 0 Å². The molecule has 0 saturated carbocycles. The molecule has 0 aliphatic rings. The van der Waals surface area contributed by atoms with E-state index in [0.717, 1.165) is 12.7 Å². The molecular formula is C6H12O2. The van der Waals surface area contributed by atoms with Crippen LogP contribution in [0, 0.1) is 0 Å². The quantitative estimate of drug-likeness (QED) is 0.512. The van der Waals surface area contributed by atoms with Crippen molar-refractivity contribution in [3.63, 3.8) is 0 Å². The Morgan fingerprint density at radius 2 is 2.38 bits per heavy atom. The number of aldehydes is 1. The molecule has 1 atom stereocenters. The normalized spacial score (nSPS) is 13.2. The molecule has 0 amide bonds. The molecule has 0 spiro atoms. The van der Waals surface area contributed by atoms with Gasteiger partial charge in [0.05, 0.1) is 6.10 Å². The average Bonchev–Trinajstić information content (AvgIpc) is 1.83. The zero-order valence-electron chi connectivity index (χ0n) is 5.39. The number of ether oxygens (including phenoxy) is 1. The molecule has 1 unspecified atom stereocenters. The van der Waals surface area contributed by atoms with E-state index < -0.39 is 0 Å². The van der Waals surface area contributed by atoms with Crippen LogP contribution < -0.4 is 0 Å². The van der Waals surface area contributed by atoms with E-state index >= 15 is 0 Å². The molecular weight excluding hydrogens is 104 g/mol. The Bertz CT molecular complexity index is 57.5. The summed E-state index contributed by atoms with van der Waals surface area (Å²) < 4.78 is 4.91. The third-order valence-corrected chi connectivity index (χ3v) is 1.15. The van der Waals surface area contributed by atoms with Crippen molar-refractivity contribution in [1.82, 2.24) is 0 Å². The molecule has 0 aliphatic carbocycles. The van der Waals surface area contributed by atoms with Gasteiger partial charge in [-0.1, -0.05) is 6.92 Å². The molecule has 0 rings (SSSR count). The number of hydrogen-bond donors (Lipinski definition) is 0. The minimum Gasteiger partial charge on any atom is -0.381 e. The van der Waals surface area contributed by atoms with Crippen molar-refractivity contribution in [2.24, 2.45) is 0 Å². The van der Waals surface area contributed by atoms with Crippen molar-refractivity contribution in [3.8, 4) is 0 Å². The molecule has 0 heterocycles. The van der Waals surface area contributed by atoms with Crippen LogP contribution in [0.4, 0.5) is 0 Å². The van der Waals surface area contributed by atoms with Gasteiger partial charge in [-0.25, -0.2) is 0 Å². The first-order valence-electron chi connectivity index (χ1n) is 2.81. The first-order valence-corrected chi connectivity index (χ1v) is 2.81. The Hall–Kier alpha value is -0.370. The summed E-state index contributed by atoms with van der Waals surface area (Å²) in [7, 11) is 1.62. The molecule has 2 heteroatoms. The average molecular weight is 116 g/mol. The van der Waals surface area contributed by atoms with Gasteiger partial charge in [-0.3, -0.25) is 0 Å². The maximum atomic E-state index is 9.85. The van der Waals surface area contributed by atoms with E-state index in [2.05, 4.69) is 0 Å². The van der Waals surface area contributed by atoms with Gasteiger partial charge in [-0.05, 0) is 6.42 Å². The van der Waals surface area contributed by atoms with Crippen LogP contribution in [0.25, 0.3) is 0 Å². The van der Waals surface area contributed by atoms with Gasteiger partial charge in [-0.2, -0.15) is 0 Å². The lowest BCUT2D eigenvalue weighted by Gasteiger charge is -2.06. The van der Waals surface area contributed by atoms with Gasteiger partial charge in [0.1, 0.15) is 6.29 Å². The zero-order chi connectivity index (χ0) is 6.41. The highest BCUT2D eigenvalue weighted by Crippen LogP contribution is 1.97. The Morgan fingerprint density at radius 3 is 2.50 bits per heavy atom. The second-order valence-corrected chi connectivity index (χ2v) is 1.67. The fourth-order valence-corrected chi connectivity index (χ4v) is 0.537. The van der Waals surface area contributed by atoms with Crippen molar-refractivity contribution < 1.29 is 9.53 Å². The summed E-state index contributed by atoms with van der Waals surface area (Å²) in [6.45, 7) is 2.00. The fourth-order valence-electron chi connectivity index (χ4n) is 0.537. The number of rotatable bonds is 4. The Balaban J connectivity index is 3.20. The van der Waals surface area contributed by atoms with Gasteiger partial charge in [0.15, 0.2) is 0 Å². The van der Waals surface area contributed by atoms with E-state index in [4.69, 9.17) is 4.74 Å². The smallest absolute Gasteiger partial charge is 0.122 e. The van der Waals surface area contributed by atoms with Crippen molar-refractivity contribution >= 4 is 6.29 Å². The monoisotopic (exact) mass is 116 g/mol. The maximum absolute atomic E-state index is 9.85. The highest BCUT2D eigenvalue weighted by Gasteiger charge is 1.99. The minimum absolute atomic E-state index is 0.132. The fraction of sp³-hybridized carbons (Fsp3) is 0.833. The lowest BCUT2D eigenvalue weighted by atomic mass is 10.2. The molecule has 0 radical (unpaired) electrons. The molecule has 0 aromatic carbocycles. The predicted octanol–water partition coefficient (Wildman–Crippen LogP) is 1.00. The molecule has 0 saturated heterocycles. The van der Waals surface area contributed by atoms with Gasteiger partial charge in [0.2, 0.25) is 0 Å². The van der Waals surface area contributed by atoms with E-state index in [1.807, 2.05) is 6.92 Å². The second-order valence-electron chi connectivity index (χ2n) is 1.67. The van der Waals surface area contributed by atoms with Gasteiger partial charge in [0, 0.05) is 13.5 Å². The van der Waals surface area contributed by atoms with E-state index in [9.17, 15) is 4.79 Å². The van der Waals surface area contributed by atoms with Gasteiger partial charge >= 0.3 is 0 Å². The van der Waals surface area contributed by atoms with Crippen LogP contribution >= 0.6 is 0 Å². The number of carbonyl (C=O) groups excluding carboxylic acids is 1. The third kappa shape index (κ3) is 2.75. The SMILES string of the molecule is CCC(CC=O)OC. The van der Waals surface area contributed by atoms with Gasteiger partial charge in [-0.15, -0.1) is 0 Å². The third-order valence-electron chi connectivity index (χ3n) is 1.15. The first kappa shape index (κ1) is 7.63. The van der Waals surface area contributed by atoms with Crippen LogP contribution in [0.1, 0.15) is 19.8 Å². The maximum Gasteiger partial charge on any atom is 0.122 e. The van der Waals surface area contributed by atoms with Crippen LogP contribution in [0.15, 0.2) is 0 Å². The largest absolute Gasteiger partial charge is 0.381 e. The van der Waals surface area contributed by atoms with Crippen LogP contribution in [-0.2, 0) is 9.53 Å². The van der Waals surface area contributed by atoms with E-state index in [-0.39, 0.29) is 6.10 Å². The molecule has 8 heavy (non-hydrogen) atoms. The lowest BCUT2D eigenvalue weighted by Crippen LogP contribution is -2.08. The molecule has 0 N–H and O–H groups in total. The number of hydrogen-bond acceptors (Lipinski definition) is 2. The summed E-state index contributed by atoms with van der Waals surface area (Å²) in [6.07, 6.45) is 2.45. The van der Waals surface area contributed by atoms with Gasteiger partial charge < -0.3 is 9.53 Å². The summed E-state index contributed by atoms with van der Waals surface area (Å²) in [5, 5.41) is 0. The highest BCUT2D eigenvalue weighted by atomic mass is 16.5. The van der Waals surface area contributed by atoms with Gasteiger partial charge in [0.25, 0.3) is 0 Å². The predicted molar refractivity (Wildman–Crippen MR) is 31.8 cm³/mol. The molecule has 0 aromatic rings. The Kier molecular flexibility index (Phi) is 4.56. The van der Waals surface area contributed by atoms with Crippen molar-refractivity contribution in [3.05, 3.63) is 0 Å². The van der Waals surface area contributed by atoms with E-state index in [1.165, 1.54) is 0 Å². The highest BCUT2D eigenvalue weighted by molar-refractivity contribution is 5.50. The van der Waals surface area contributed by atoms with Crippen LogP contribution in [-0.4, -0.2) is 19.5 Å². The molecule has 48 valence electrons. The van der Waals surface area contributed by atoms with Crippen LogP contribution in [0.2, 0.25) is 0 Å². The Morgan fingerprint density at radius 1 is 1.75 bits per heavy atom. The number of methoxy groups -OCH3 is 1. The molecule has 0 aliphatic heterocycles. The topological polar surface area (TPSA) is 26.3 Å². The summed E-state index contributed by atoms with van der Waals surface area (Å²) in [6, 6.07) is 0. The standard InChI is InChI=1S/C6H12O2/c1-3-6(8-2)4-5-7/h5-6H,3-4H2,1-2H3. The minimum atomic E-state index is 0.132. The number of carbonyl (C=O) groups is 1. The second kappa shape index (κ2) is 4.78. The Labute approximate surface area is 49.8 Å². The molecule has 0 fully saturated rings. The van der Waals surface area contributed by atoms with E-state index in [0.29, 0.717) is 6.42 Å². The molecule has 0 aromatic heterocycles. The molecule has 2 nitrogen and oxygen atoms in total. The van der Waals surface area contributed by atoms with Crippen LogP contribution in [0.3, 0.4) is 0 Å². The van der Waals surface area contributed by atoms with Crippen molar-refractivity contribution in [2.75, 3.05) is 7.11 Å². The summed E-state index contributed by atoms with van der Waals surface area (Å²) in [4.78, 5) is 9.85. The summed E-state index contributed by atoms with van der Waals surface area (Å²) in [5.74, 6) is 0. The van der Waals surface area contributed by atoms with Crippen molar-refractivity contribution in [1.29, 1.82) is 0 Å². The zero-order valence-corrected chi connectivity index (χ0v) is 5.39. The first-order chi connectivity index (χ1) is 3.85.